The quantitative estimate of drug-likeness (QED) is 0.799. The highest BCUT2D eigenvalue weighted by atomic mass is 19.2. The standard InChI is InChI=1S/C18H27F2N/c1-2-3-5-14-8-10-18(13-21,11-9-14)12-15-6-4-7-16(19)17(15)20/h4,6-7,14H,2-3,5,8-13,21H2,1H3. The molecule has 0 saturated heterocycles. The van der Waals surface area contributed by atoms with Gasteiger partial charge in [0.25, 0.3) is 0 Å². The molecule has 2 rings (SSSR count). The highest BCUT2D eigenvalue weighted by Gasteiger charge is 2.34. The maximum absolute atomic E-state index is 13.9. The van der Waals surface area contributed by atoms with E-state index < -0.39 is 11.6 Å². The third kappa shape index (κ3) is 4.03. The average molecular weight is 295 g/mol. The fourth-order valence-corrected chi connectivity index (χ4v) is 3.61. The van der Waals surface area contributed by atoms with Gasteiger partial charge in [-0.1, -0.05) is 38.3 Å². The van der Waals surface area contributed by atoms with E-state index in [1.807, 2.05) is 0 Å². The van der Waals surface area contributed by atoms with Crippen LogP contribution in [0.5, 0.6) is 0 Å². The van der Waals surface area contributed by atoms with Crippen molar-refractivity contribution in [2.24, 2.45) is 17.1 Å². The van der Waals surface area contributed by atoms with Gasteiger partial charge < -0.3 is 5.73 Å². The summed E-state index contributed by atoms with van der Waals surface area (Å²) in [6.07, 6.45) is 8.81. The van der Waals surface area contributed by atoms with Crippen molar-refractivity contribution in [3.63, 3.8) is 0 Å². The fraction of sp³-hybridized carbons (Fsp3) is 0.667. The molecule has 118 valence electrons. The summed E-state index contributed by atoms with van der Waals surface area (Å²) in [6, 6.07) is 4.46. The van der Waals surface area contributed by atoms with Gasteiger partial charge in [0.15, 0.2) is 11.6 Å². The van der Waals surface area contributed by atoms with Crippen molar-refractivity contribution >= 4 is 0 Å². The molecule has 0 aromatic heterocycles. The molecule has 1 nitrogen and oxygen atoms in total. The van der Waals surface area contributed by atoms with Gasteiger partial charge in [0.05, 0.1) is 0 Å². The van der Waals surface area contributed by atoms with Crippen LogP contribution in [-0.4, -0.2) is 6.54 Å². The van der Waals surface area contributed by atoms with Gasteiger partial charge in [0, 0.05) is 0 Å². The van der Waals surface area contributed by atoms with E-state index in [9.17, 15) is 8.78 Å². The van der Waals surface area contributed by atoms with Gasteiger partial charge in [-0.15, -0.1) is 0 Å². The minimum Gasteiger partial charge on any atom is -0.330 e. The molecule has 0 radical (unpaired) electrons. The lowest BCUT2D eigenvalue weighted by molar-refractivity contribution is 0.148. The Morgan fingerprint density at radius 3 is 2.57 bits per heavy atom. The second kappa shape index (κ2) is 7.35. The molecular formula is C18H27F2N. The van der Waals surface area contributed by atoms with Crippen LogP contribution in [0.3, 0.4) is 0 Å². The highest BCUT2D eigenvalue weighted by molar-refractivity contribution is 5.21. The minimum atomic E-state index is -0.753. The smallest absolute Gasteiger partial charge is 0.162 e. The van der Waals surface area contributed by atoms with Crippen molar-refractivity contribution in [3.05, 3.63) is 35.4 Å². The Morgan fingerprint density at radius 2 is 1.95 bits per heavy atom. The van der Waals surface area contributed by atoms with Crippen molar-refractivity contribution in [3.8, 4) is 0 Å². The van der Waals surface area contributed by atoms with Gasteiger partial charge >= 0.3 is 0 Å². The predicted molar refractivity (Wildman–Crippen MR) is 83.0 cm³/mol. The summed E-state index contributed by atoms with van der Waals surface area (Å²) in [5.74, 6) is -0.656. The second-order valence-electron chi connectivity index (χ2n) is 6.68. The van der Waals surface area contributed by atoms with Crippen LogP contribution in [0.25, 0.3) is 0 Å². The van der Waals surface area contributed by atoms with Gasteiger partial charge in [0.2, 0.25) is 0 Å². The molecule has 0 atom stereocenters. The maximum atomic E-state index is 13.9. The molecule has 1 fully saturated rings. The molecule has 0 aliphatic heterocycles. The summed E-state index contributed by atoms with van der Waals surface area (Å²) < 4.78 is 27.2. The molecule has 0 amide bonds. The molecule has 0 unspecified atom stereocenters. The van der Waals surface area contributed by atoms with E-state index in [1.54, 1.807) is 12.1 Å². The summed E-state index contributed by atoms with van der Waals surface area (Å²) >= 11 is 0. The first-order valence-corrected chi connectivity index (χ1v) is 8.23. The van der Waals surface area contributed by atoms with E-state index in [0.29, 0.717) is 18.5 Å². The Bertz CT molecular complexity index is 451. The number of rotatable bonds is 6. The van der Waals surface area contributed by atoms with Gasteiger partial charge in [-0.25, -0.2) is 8.78 Å². The molecule has 1 aliphatic carbocycles. The highest BCUT2D eigenvalue weighted by Crippen LogP contribution is 2.42. The largest absolute Gasteiger partial charge is 0.330 e. The second-order valence-corrected chi connectivity index (χ2v) is 6.68. The van der Waals surface area contributed by atoms with E-state index in [-0.39, 0.29) is 5.41 Å². The van der Waals surface area contributed by atoms with Crippen LogP contribution in [0.1, 0.15) is 57.4 Å². The summed E-state index contributed by atoms with van der Waals surface area (Å²) in [6.45, 7) is 2.78. The molecule has 1 aromatic rings. The van der Waals surface area contributed by atoms with Crippen molar-refractivity contribution in [2.75, 3.05) is 6.54 Å². The molecule has 0 heterocycles. The van der Waals surface area contributed by atoms with Crippen molar-refractivity contribution < 1.29 is 8.78 Å². The first-order valence-electron chi connectivity index (χ1n) is 8.23. The molecule has 1 aromatic carbocycles. The summed E-state index contributed by atoms with van der Waals surface area (Å²) in [7, 11) is 0. The van der Waals surface area contributed by atoms with Crippen LogP contribution in [0.4, 0.5) is 8.78 Å². The fourth-order valence-electron chi connectivity index (χ4n) is 3.61. The first-order chi connectivity index (χ1) is 10.1. The number of hydrogen-bond donors (Lipinski definition) is 1. The number of hydrogen-bond acceptors (Lipinski definition) is 1. The number of unbranched alkanes of at least 4 members (excludes halogenated alkanes) is 1. The normalized spacial score (nSPS) is 26.0. The topological polar surface area (TPSA) is 26.0 Å². The first kappa shape index (κ1) is 16.4. The van der Waals surface area contributed by atoms with Crippen LogP contribution in [0, 0.1) is 23.0 Å². The SMILES string of the molecule is CCCCC1CCC(CN)(Cc2cccc(F)c2F)CC1. The van der Waals surface area contributed by atoms with Gasteiger partial charge in [-0.05, 0) is 61.6 Å². The monoisotopic (exact) mass is 295 g/mol. The molecule has 2 N–H and O–H groups in total. The lowest BCUT2D eigenvalue weighted by Crippen LogP contribution is -2.37. The maximum Gasteiger partial charge on any atom is 0.162 e. The third-order valence-electron chi connectivity index (χ3n) is 5.16. The molecular weight excluding hydrogens is 268 g/mol. The number of benzene rings is 1. The Balaban J connectivity index is 2.01. The molecule has 0 spiro atoms. The van der Waals surface area contributed by atoms with Gasteiger partial charge in [0.1, 0.15) is 0 Å². The number of nitrogens with two attached hydrogens (primary N) is 1. The molecule has 3 heteroatoms. The molecule has 1 aliphatic rings. The van der Waals surface area contributed by atoms with E-state index in [2.05, 4.69) is 6.92 Å². The summed E-state index contributed by atoms with van der Waals surface area (Å²) in [5, 5.41) is 0. The lowest BCUT2D eigenvalue weighted by Gasteiger charge is -2.40. The zero-order valence-electron chi connectivity index (χ0n) is 13.0. The van der Waals surface area contributed by atoms with Crippen LogP contribution in [-0.2, 0) is 6.42 Å². The van der Waals surface area contributed by atoms with E-state index >= 15 is 0 Å². The van der Waals surface area contributed by atoms with Gasteiger partial charge in [-0.2, -0.15) is 0 Å². The van der Waals surface area contributed by atoms with E-state index in [1.165, 1.54) is 38.2 Å². The zero-order chi connectivity index (χ0) is 15.3. The van der Waals surface area contributed by atoms with Crippen molar-refractivity contribution in [1.29, 1.82) is 0 Å². The Hall–Kier alpha value is -0.960. The third-order valence-corrected chi connectivity index (χ3v) is 5.16. The predicted octanol–water partition coefficient (Wildman–Crippen LogP) is 4.83. The zero-order valence-corrected chi connectivity index (χ0v) is 13.0. The van der Waals surface area contributed by atoms with Crippen LogP contribution in [0.2, 0.25) is 0 Å². The van der Waals surface area contributed by atoms with E-state index in [0.717, 1.165) is 18.8 Å². The molecule has 1 saturated carbocycles. The minimum absolute atomic E-state index is 0.0443. The van der Waals surface area contributed by atoms with Crippen molar-refractivity contribution in [1.82, 2.24) is 0 Å². The van der Waals surface area contributed by atoms with Crippen LogP contribution in [0.15, 0.2) is 18.2 Å². The van der Waals surface area contributed by atoms with Crippen molar-refractivity contribution in [2.45, 2.75) is 58.3 Å². The Kier molecular flexibility index (Phi) is 5.74. The summed E-state index contributed by atoms with van der Waals surface area (Å²) in [5.41, 5.74) is 6.44. The Labute approximate surface area is 126 Å². The number of halogens is 2. The molecule has 0 bridgehead atoms. The van der Waals surface area contributed by atoms with Crippen LogP contribution < -0.4 is 5.73 Å². The Morgan fingerprint density at radius 1 is 1.24 bits per heavy atom. The average Bonchev–Trinajstić information content (AvgIpc) is 2.51. The van der Waals surface area contributed by atoms with Crippen LogP contribution >= 0.6 is 0 Å². The lowest BCUT2D eigenvalue weighted by atomic mass is 9.66. The molecule has 21 heavy (non-hydrogen) atoms. The van der Waals surface area contributed by atoms with E-state index in [4.69, 9.17) is 5.73 Å². The van der Waals surface area contributed by atoms with Gasteiger partial charge in [-0.3, -0.25) is 0 Å². The summed E-state index contributed by atoms with van der Waals surface area (Å²) in [4.78, 5) is 0.